The number of amides is 1. The molecule has 0 aliphatic carbocycles. The van der Waals surface area contributed by atoms with Gasteiger partial charge in [0.25, 0.3) is 0 Å². The third-order valence-corrected chi connectivity index (χ3v) is 7.06. The summed E-state index contributed by atoms with van der Waals surface area (Å²) in [6.07, 6.45) is 1.23. The van der Waals surface area contributed by atoms with E-state index < -0.39 is 21.9 Å². The minimum atomic E-state index is -3.63. The summed E-state index contributed by atoms with van der Waals surface area (Å²) < 4.78 is 37.0. The van der Waals surface area contributed by atoms with Crippen LogP contribution in [-0.2, 0) is 24.3 Å². The molecule has 8 nitrogen and oxygen atoms in total. The zero-order valence-corrected chi connectivity index (χ0v) is 18.4. The van der Waals surface area contributed by atoms with Gasteiger partial charge in [0.1, 0.15) is 5.75 Å². The van der Waals surface area contributed by atoms with Crippen LogP contribution in [0.15, 0.2) is 53.4 Å². The molecule has 1 saturated heterocycles. The van der Waals surface area contributed by atoms with Crippen LogP contribution in [0.3, 0.4) is 0 Å². The topological polar surface area (TPSA) is 102 Å². The number of anilines is 1. The number of methoxy groups -OCH3 is 1. The van der Waals surface area contributed by atoms with Crippen molar-refractivity contribution in [1.82, 2.24) is 4.31 Å². The van der Waals surface area contributed by atoms with Crippen LogP contribution in [0, 0.1) is 12.8 Å². The zero-order valence-electron chi connectivity index (χ0n) is 17.5. The first kappa shape index (κ1) is 22.8. The molecule has 9 heteroatoms. The number of benzene rings is 2. The number of esters is 1. The number of ether oxygens (including phenoxy) is 2. The Hall–Kier alpha value is -2.91. The van der Waals surface area contributed by atoms with Crippen molar-refractivity contribution in [2.24, 2.45) is 5.92 Å². The van der Waals surface area contributed by atoms with E-state index >= 15 is 0 Å². The van der Waals surface area contributed by atoms with Gasteiger partial charge in [-0.15, -0.1) is 0 Å². The first-order chi connectivity index (χ1) is 14.8. The van der Waals surface area contributed by atoms with Gasteiger partial charge in [0, 0.05) is 18.8 Å². The fraction of sp³-hybridized carbons (Fsp3) is 0.364. The number of hydrogen-bond donors (Lipinski definition) is 1. The second-order valence-electron chi connectivity index (χ2n) is 7.35. The smallest absolute Gasteiger partial charge is 0.343 e. The molecule has 1 fully saturated rings. The highest BCUT2D eigenvalue weighted by atomic mass is 32.2. The first-order valence-corrected chi connectivity index (χ1v) is 11.4. The molecule has 1 heterocycles. The van der Waals surface area contributed by atoms with E-state index in [2.05, 4.69) is 10.1 Å². The number of rotatable bonds is 7. The van der Waals surface area contributed by atoms with Gasteiger partial charge in [-0.05, 0) is 55.7 Å². The number of carbonyl (C=O) groups excluding carboxylic acids is 2. The second kappa shape index (κ2) is 9.93. The number of carbonyl (C=O) groups is 2. The molecular formula is C22H26N2O6S. The monoisotopic (exact) mass is 446 g/mol. The van der Waals surface area contributed by atoms with Crippen molar-refractivity contribution in [3.63, 3.8) is 0 Å². The molecule has 1 aliphatic heterocycles. The Balaban J connectivity index is 1.64. The predicted octanol–water partition coefficient (Wildman–Crippen LogP) is 2.59. The number of piperidine rings is 1. The molecular weight excluding hydrogens is 420 g/mol. The van der Waals surface area contributed by atoms with Crippen LogP contribution in [0.4, 0.5) is 5.69 Å². The van der Waals surface area contributed by atoms with E-state index in [9.17, 15) is 18.0 Å². The third-order valence-electron chi connectivity index (χ3n) is 5.18. The van der Waals surface area contributed by atoms with E-state index in [1.165, 1.54) is 11.4 Å². The van der Waals surface area contributed by atoms with Crippen molar-refractivity contribution in [1.29, 1.82) is 0 Å². The molecule has 1 unspecified atom stereocenters. The maximum atomic E-state index is 12.9. The van der Waals surface area contributed by atoms with Crippen molar-refractivity contribution < 1.29 is 27.5 Å². The van der Waals surface area contributed by atoms with Gasteiger partial charge in [-0.25, -0.2) is 13.2 Å². The lowest BCUT2D eigenvalue weighted by Gasteiger charge is -2.31. The highest BCUT2D eigenvalue weighted by molar-refractivity contribution is 7.89. The van der Waals surface area contributed by atoms with Crippen LogP contribution in [0.25, 0.3) is 0 Å². The van der Waals surface area contributed by atoms with Crippen LogP contribution >= 0.6 is 0 Å². The summed E-state index contributed by atoms with van der Waals surface area (Å²) >= 11 is 0. The van der Waals surface area contributed by atoms with Gasteiger partial charge in [0.15, 0.2) is 6.61 Å². The van der Waals surface area contributed by atoms with Crippen molar-refractivity contribution in [2.45, 2.75) is 24.7 Å². The van der Waals surface area contributed by atoms with Crippen LogP contribution in [0.1, 0.15) is 18.4 Å². The van der Waals surface area contributed by atoms with Gasteiger partial charge in [-0.3, -0.25) is 4.79 Å². The molecule has 0 saturated carbocycles. The summed E-state index contributed by atoms with van der Waals surface area (Å²) in [6, 6.07) is 13.3. The molecule has 0 bridgehead atoms. The summed E-state index contributed by atoms with van der Waals surface area (Å²) in [5.41, 5.74) is 1.37. The highest BCUT2D eigenvalue weighted by Gasteiger charge is 2.33. The molecule has 0 aromatic heterocycles. The van der Waals surface area contributed by atoms with Crippen molar-refractivity contribution in [3.05, 3.63) is 54.1 Å². The fourth-order valence-corrected chi connectivity index (χ4v) is 4.96. The van der Waals surface area contributed by atoms with E-state index in [-0.39, 0.29) is 24.0 Å². The molecule has 3 rings (SSSR count). The third kappa shape index (κ3) is 5.62. The SMILES string of the molecule is COC(=O)COc1ccc(NC(=O)C2CCCN(S(=O)(=O)c3ccccc3)C2)c(C)c1. The molecule has 1 aliphatic rings. The Bertz CT molecular complexity index is 1040. The van der Waals surface area contributed by atoms with Crippen LogP contribution < -0.4 is 10.1 Å². The molecule has 31 heavy (non-hydrogen) atoms. The highest BCUT2D eigenvalue weighted by Crippen LogP contribution is 2.26. The fourth-order valence-electron chi connectivity index (χ4n) is 3.42. The summed E-state index contributed by atoms with van der Waals surface area (Å²) in [5.74, 6) is -0.665. The minimum Gasteiger partial charge on any atom is -0.482 e. The maximum Gasteiger partial charge on any atom is 0.343 e. The Morgan fingerprint density at radius 1 is 1.16 bits per heavy atom. The summed E-state index contributed by atoms with van der Waals surface area (Å²) in [4.78, 5) is 24.3. The van der Waals surface area contributed by atoms with Gasteiger partial charge >= 0.3 is 5.97 Å². The summed E-state index contributed by atoms with van der Waals surface area (Å²) in [5, 5.41) is 2.89. The number of nitrogens with one attached hydrogen (secondary N) is 1. The first-order valence-electron chi connectivity index (χ1n) is 9.97. The van der Waals surface area contributed by atoms with Crippen molar-refractivity contribution in [2.75, 3.05) is 32.1 Å². The molecule has 166 valence electrons. The number of aryl methyl sites for hydroxylation is 1. The van der Waals surface area contributed by atoms with Gasteiger partial charge < -0.3 is 14.8 Å². The van der Waals surface area contributed by atoms with E-state index in [1.54, 1.807) is 48.5 Å². The molecule has 1 amide bonds. The van der Waals surface area contributed by atoms with Gasteiger partial charge in [-0.2, -0.15) is 4.31 Å². The van der Waals surface area contributed by atoms with Gasteiger partial charge in [0.05, 0.1) is 17.9 Å². The largest absolute Gasteiger partial charge is 0.482 e. The molecule has 1 atom stereocenters. The zero-order chi connectivity index (χ0) is 22.4. The van der Waals surface area contributed by atoms with Crippen LogP contribution in [-0.4, -0.2) is 51.4 Å². The Morgan fingerprint density at radius 2 is 1.90 bits per heavy atom. The Kier molecular flexibility index (Phi) is 7.29. The average Bonchev–Trinajstić information content (AvgIpc) is 2.79. The predicted molar refractivity (Wildman–Crippen MR) is 115 cm³/mol. The van der Waals surface area contributed by atoms with E-state index in [1.807, 2.05) is 6.92 Å². The standard InChI is InChI=1S/C22H26N2O6S/c1-16-13-18(30-15-21(25)29-2)10-11-20(16)23-22(26)17-7-6-12-24(14-17)31(27,28)19-8-4-3-5-9-19/h3-5,8-11,13,17H,6-7,12,14-15H2,1-2H3,(H,23,26). The lowest BCUT2D eigenvalue weighted by atomic mass is 9.98. The number of hydrogen-bond acceptors (Lipinski definition) is 6. The Labute approximate surface area is 182 Å². The summed E-state index contributed by atoms with van der Waals surface area (Å²) in [7, 11) is -2.35. The number of nitrogens with zero attached hydrogens (tertiary/aromatic N) is 1. The van der Waals surface area contributed by atoms with Crippen molar-refractivity contribution >= 4 is 27.6 Å². The minimum absolute atomic E-state index is 0.141. The lowest BCUT2D eigenvalue weighted by Crippen LogP contribution is -2.43. The van der Waals surface area contributed by atoms with Crippen molar-refractivity contribution in [3.8, 4) is 5.75 Å². The molecule has 2 aromatic rings. The second-order valence-corrected chi connectivity index (χ2v) is 9.28. The van der Waals surface area contributed by atoms with E-state index in [0.29, 0.717) is 30.8 Å². The molecule has 0 spiro atoms. The van der Waals surface area contributed by atoms with E-state index in [4.69, 9.17) is 4.74 Å². The lowest BCUT2D eigenvalue weighted by molar-refractivity contribution is -0.142. The average molecular weight is 447 g/mol. The summed E-state index contributed by atoms with van der Waals surface area (Å²) in [6.45, 7) is 2.15. The Morgan fingerprint density at radius 3 is 2.58 bits per heavy atom. The maximum absolute atomic E-state index is 12.9. The molecule has 0 radical (unpaired) electrons. The molecule has 2 aromatic carbocycles. The van der Waals surface area contributed by atoms with E-state index in [0.717, 1.165) is 5.56 Å². The van der Waals surface area contributed by atoms with Crippen LogP contribution in [0.2, 0.25) is 0 Å². The van der Waals surface area contributed by atoms with Crippen LogP contribution in [0.5, 0.6) is 5.75 Å². The normalized spacial score (nSPS) is 17.0. The quantitative estimate of drug-likeness (QED) is 0.656. The molecule has 1 N–H and O–H groups in total. The van der Waals surface area contributed by atoms with Gasteiger partial charge in [-0.1, -0.05) is 18.2 Å². The number of sulfonamides is 1. The van der Waals surface area contributed by atoms with Gasteiger partial charge in [0.2, 0.25) is 15.9 Å².